The topological polar surface area (TPSA) is 44.5 Å². The average Bonchev–Trinajstić information content (AvgIpc) is 2.96. The maximum atomic E-state index is 6.59. The van der Waals surface area contributed by atoms with Gasteiger partial charge in [-0.3, -0.25) is 0 Å². The number of benzene rings is 1. The first-order chi connectivity index (χ1) is 8.24. The van der Waals surface area contributed by atoms with E-state index < -0.39 is 0 Å². The largest absolute Gasteiger partial charge is 0.496 e. The van der Waals surface area contributed by atoms with Crippen LogP contribution in [0.2, 0.25) is 0 Å². The summed E-state index contributed by atoms with van der Waals surface area (Å²) in [7, 11) is 1.72. The third-order valence-electron chi connectivity index (χ3n) is 4.09. The molecule has 0 bridgehead atoms. The third-order valence-corrected chi connectivity index (χ3v) is 4.09. The molecule has 3 heteroatoms. The van der Waals surface area contributed by atoms with Crippen molar-refractivity contribution in [2.45, 2.75) is 44.4 Å². The molecule has 1 heterocycles. The highest BCUT2D eigenvalue weighted by atomic mass is 16.5. The highest BCUT2D eigenvalue weighted by Crippen LogP contribution is 2.44. The van der Waals surface area contributed by atoms with Gasteiger partial charge in [-0.15, -0.1) is 0 Å². The summed E-state index contributed by atoms with van der Waals surface area (Å²) in [5.74, 6) is 0.929. The van der Waals surface area contributed by atoms with Crippen LogP contribution in [0, 0.1) is 0 Å². The maximum absolute atomic E-state index is 6.59. The Labute approximate surface area is 102 Å². The molecule has 2 N–H and O–H groups in total. The van der Waals surface area contributed by atoms with E-state index in [1.54, 1.807) is 7.11 Å². The predicted octanol–water partition coefficient (Wildman–Crippen LogP) is 2.45. The van der Waals surface area contributed by atoms with E-state index in [2.05, 4.69) is 6.07 Å². The van der Waals surface area contributed by atoms with Crippen LogP contribution < -0.4 is 10.5 Å². The smallest absolute Gasteiger partial charge is 0.124 e. The van der Waals surface area contributed by atoms with Gasteiger partial charge in [-0.2, -0.15) is 0 Å². The molecule has 0 unspecified atom stereocenters. The molecule has 0 amide bonds. The Morgan fingerprint density at radius 3 is 2.71 bits per heavy atom. The Morgan fingerprint density at radius 1 is 1.24 bits per heavy atom. The number of methoxy groups -OCH3 is 1. The minimum Gasteiger partial charge on any atom is -0.496 e. The van der Waals surface area contributed by atoms with Crippen LogP contribution in [-0.2, 0) is 23.5 Å². The summed E-state index contributed by atoms with van der Waals surface area (Å²) in [6, 6.07) is 4.14. The van der Waals surface area contributed by atoms with Gasteiger partial charge in [0.25, 0.3) is 0 Å². The number of rotatable bonds is 2. The second-order valence-electron chi connectivity index (χ2n) is 5.14. The van der Waals surface area contributed by atoms with Crippen molar-refractivity contribution in [3.05, 3.63) is 28.8 Å². The van der Waals surface area contributed by atoms with E-state index in [0.29, 0.717) is 13.2 Å². The summed E-state index contributed by atoms with van der Waals surface area (Å²) >= 11 is 0. The monoisotopic (exact) mass is 233 g/mol. The van der Waals surface area contributed by atoms with Gasteiger partial charge >= 0.3 is 0 Å². The lowest BCUT2D eigenvalue weighted by Gasteiger charge is -2.28. The van der Waals surface area contributed by atoms with E-state index >= 15 is 0 Å². The molecule has 0 radical (unpaired) electrons. The van der Waals surface area contributed by atoms with E-state index in [0.717, 1.165) is 18.6 Å². The van der Waals surface area contributed by atoms with Gasteiger partial charge in [-0.05, 0) is 30.0 Å². The summed E-state index contributed by atoms with van der Waals surface area (Å²) in [6.45, 7) is 1.39. The molecule has 92 valence electrons. The minimum absolute atomic E-state index is 0.204. The highest BCUT2D eigenvalue weighted by Gasteiger charge is 2.37. The van der Waals surface area contributed by atoms with E-state index in [1.807, 2.05) is 6.07 Å². The molecule has 0 saturated heterocycles. The molecular weight excluding hydrogens is 214 g/mol. The molecule has 1 saturated carbocycles. The predicted molar refractivity (Wildman–Crippen MR) is 65.8 cm³/mol. The number of hydrogen-bond donors (Lipinski definition) is 1. The second kappa shape index (κ2) is 4.00. The third kappa shape index (κ3) is 1.65. The Hall–Kier alpha value is -1.06. The zero-order chi connectivity index (χ0) is 11.9. The highest BCUT2D eigenvalue weighted by molar-refractivity contribution is 5.50. The molecule has 0 spiro atoms. The van der Waals surface area contributed by atoms with Gasteiger partial charge in [0.1, 0.15) is 5.75 Å². The van der Waals surface area contributed by atoms with Crippen molar-refractivity contribution in [3.63, 3.8) is 0 Å². The molecule has 2 aliphatic rings. The summed E-state index contributed by atoms with van der Waals surface area (Å²) in [5.41, 5.74) is 10.1. The van der Waals surface area contributed by atoms with Crippen LogP contribution in [0.15, 0.2) is 12.1 Å². The van der Waals surface area contributed by atoms with Crippen LogP contribution in [0.4, 0.5) is 0 Å². The van der Waals surface area contributed by atoms with Gasteiger partial charge < -0.3 is 15.2 Å². The quantitative estimate of drug-likeness (QED) is 0.853. The summed E-state index contributed by atoms with van der Waals surface area (Å²) in [6.07, 6.45) is 4.54. The van der Waals surface area contributed by atoms with Crippen molar-refractivity contribution in [1.29, 1.82) is 0 Å². The maximum Gasteiger partial charge on any atom is 0.124 e. The Balaban J connectivity index is 2.16. The lowest BCUT2D eigenvalue weighted by atomic mass is 9.84. The summed E-state index contributed by atoms with van der Waals surface area (Å²) in [5, 5.41) is 0. The fourth-order valence-corrected chi connectivity index (χ4v) is 3.20. The Bertz CT molecular complexity index is 436. The molecule has 1 fully saturated rings. The van der Waals surface area contributed by atoms with Crippen molar-refractivity contribution >= 4 is 0 Å². The van der Waals surface area contributed by atoms with Crippen LogP contribution in [0.5, 0.6) is 5.75 Å². The number of hydrogen-bond acceptors (Lipinski definition) is 3. The van der Waals surface area contributed by atoms with Crippen molar-refractivity contribution in [1.82, 2.24) is 0 Å². The molecule has 1 aliphatic carbocycles. The van der Waals surface area contributed by atoms with Gasteiger partial charge in [-0.25, -0.2) is 0 Å². The number of nitrogens with two attached hydrogens (primary N) is 1. The van der Waals surface area contributed by atoms with Crippen LogP contribution in [0.1, 0.15) is 42.4 Å². The first-order valence-electron chi connectivity index (χ1n) is 6.30. The van der Waals surface area contributed by atoms with Gasteiger partial charge in [0.15, 0.2) is 0 Å². The van der Waals surface area contributed by atoms with Crippen molar-refractivity contribution in [2.75, 3.05) is 7.11 Å². The first-order valence-corrected chi connectivity index (χ1v) is 6.30. The van der Waals surface area contributed by atoms with Gasteiger partial charge in [0, 0.05) is 11.1 Å². The molecule has 1 aromatic rings. The number of ether oxygens (including phenoxy) is 2. The molecule has 17 heavy (non-hydrogen) atoms. The lowest BCUT2D eigenvalue weighted by molar-refractivity contribution is 0.133. The molecule has 1 aliphatic heterocycles. The van der Waals surface area contributed by atoms with Crippen molar-refractivity contribution in [2.24, 2.45) is 5.73 Å². The molecule has 3 nitrogen and oxygen atoms in total. The summed E-state index contributed by atoms with van der Waals surface area (Å²) in [4.78, 5) is 0. The Morgan fingerprint density at radius 2 is 2.00 bits per heavy atom. The normalized spacial score (nSPS) is 21.5. The van der Waals surface area contributed by atoms with E-state index in [1.165, 1.54) is 29.5 Å². The summed E-state index contributed by atoms with van der Waals surface area (Å²) < 4.78 is 11.1. The van der Waals surface area contributed by atoms with Crippen molar-refractivity contribution < 1.29 is 9.47 Å². The van der Waals surface area contributed by atoms with Gasteiger partial charge in [0.05, 0.1) is 20.3 Å². The van der Waals surface area contributed by atoms with E-state index in [4.69, 9.17) is 15.2 Å². The van der Waals surface area contributed by atoms with Crippen molar-refractivity contribution in [3.8, 4) is 5.75 Å². The fraction of sp³-hybridized carbons (Fsp3) is 0.571. The molecule has 1 aromatic carbocycles. The molecule has 3 rings (SSSR count). The van der Waals surface area contributed by atoms with Gasteiger partial charge in [-0.1, -0.05) is 18.9 Å². The van der Waals surface area contributed by atoms with Crippen LogP contribution in [0.3, 0.4) is 0 Å². The molecule has 0 atom stereocenters. The first kappa shape index (κ1) is 11.1. The SMILES string of the molecule is COc1ccc2c(c1C1(N)CCCC1)COC2. The van der Waals surface area contributed by atoms with Crippen LogP contribution >= 0.6 is 0 Å². The fourth-order valence-electron chi connectivity index (χ4n) is 3.20. The molecular formula is C14H19NO2. The average molecular weight is 233 g/mol. The van der Waals surface area contributed by atoms with Crippen LogP contribution in [0.25, 0.3) is 0 Å². The van der Waals surface area contributed by atoms with Crippen LogP contribution in [-0.4, -0.2) is 7.11 Å². The second-order valence-corrected chi connectivity index (χ2v) is 5.14. The minimum atomic E-state index is -0.204. The lowest BCUT2D eigenvalue weighted by Crippen LogP contribution is -2.34. The zero-order valence-corrected chi connectivity index (χ0v) is 10.3. The van der Waals surface area contributed by atoms with E-state index in [-0.39, 0.29) is 5.54 Å². The standard InChI is InChI=1S/C14H19NO2/c1-16-12-5-4-10-8-17-9-11(10)13(12)14(15)6-2-3-7-14/h4-5H,2-3,6-9,15H2,1H3. The van der Waals surface area contributed by atoms with E-state index in [9.17, 15) is 0 Å². The van der Waals surface area contributed by atoms with Gasteiger partial charge in [0.2, 0.25) is 0 Å². The zero-order valence-electron chi connectivity index (χ0n) is 10.3. The number of fused-ring (bicyclic) bond motifs is 1. The molecule has 0 aromatic heterocycles. The Kier molecular flexibility index (Phi) is 2.60.